The number of methoxy groups -OCH3 is 3. The fourth-order valence-electron chi connectivity index (χ4n) is 13.9. The fourth-order valence-corrected chi connectivity index (χ4v) is 13.9. The molecule has 1 spiro atoms. The van der Waals surface area contributed by atoms with Crippen LogP contribution in [0.5, 0.6) is 5.75 Å². The number of H-pyrrole nitrogens is 1. The summed E-state index contributed by atoms with van der Waals surface area (Å²) in [6.45, 7) is 9.32. The average molecular weight is 809 g/mol. The molecule has 2 bridgehead atoms. The van der Waals surface area contributed by atoms with E-state index in [4.69, 9.17) is 23.7 Å². The number of likely N-dealkylation sites (N-methyl/N-ethyl adjacent to an activating group) is 1. The summed E-state index contributed by atoms with van der Waals surface area (Å²) in [4.78, 5) is 53.5. The quantitative estimate of drug-likeness (QED) is 0.154. The standard InChI is InChI=1S/C46H56N4O9/c1-8-42-16-12-18-50-20-17-44(37(42)50)30-21-31(34(55-5)22-33(30)48(4)38(44)46(54,41(53)57-7)39(42)58-26(3)51)45(40(52)56-6)23-27-24-49(25-43(9-2)36(27)59-43)19-15-29-28-13-10-11-14-32(28)47-35(29)45/h10-14,16,21-22,27,36-39,47,54H,8-9,15,17-20,23-25H2,1-7H3/t27-,36-,37-,38-,39-,42-,43+,44-,45+,46+/m1/s1. The topological polar surface area (TPSA) is 146 Å². The van der Waals surface area contributed by atoms with Gasteiger partial charge in [-0.15, -0.1) is 0 Å². The van der Waals surface area contributed by atoms with Crippen molar-refractivity contribution in [1.82, 2.24) is 14.8 Å². The van der Waals surface area contributed by atoms with Crippen LogP contribution in [-0.2, 0) is 50.6 Å². The number of epoxide rings is 1. The van der Waals surface area contributed by atoms with Gasteiger partial charge in [0.05, 0.1) is 33.5 Å². The number of aromatic amines is 1. The molecule has 10 rings (SSSR count). The lowest BCUT2D eigenvalue weighted by atomic mass is 9.47. The van der Waals surface area contributed by atoms with Gasteiger partial charge in [-0.25, -0.2) is 4.79 Å². The lowest BCUT2D eigenvalue weighted by Gasteiger charge is -2.63. The third-order valence-electron chi connectivity index (χ3n) is 16.0. The number of carbonyl (C=O) groups is 3. The molecule has 2 N–H and O–H groups in total. The third kappa shape index (κ3) is 4.73. The molecule has 13 heteroatoms. The smallest absolute Gasteiger partial charge is 0.344 e. The summed E-state index contributed by atoms with van der Waals surface area (Å²) in [5.74, 6) is -1.37. The molecule has 59 heavy (non-hydrogen) atoms. The number of rotatable bonds is 7. The molecule has 1 aromatic heterocycles. The summed E-state index contributed by atoms with van der Waals surface area (Å²) in [6.07, 6.45) is 5.94. The maximum absolute atomic E-state index is 15.4. The van der Waals surface area contributed by atoms with Gasteiger partial charge in [0.2, 0.25) is 5.60 Å². The lowest BCUT2D eigenvalue weighted by molar-refractivity contribution is -0.228. The van der Waals surface area contributed by atoms with Crippen LogP contribution in [0.1, 0.15) is 68.8 Å². The Hall–Kier alpha value is -4.43. The van der Waals surface area contributed by atoms with Crippen LogP contribution in [0.25, 0.3) is 10.9 Å². The number of para-hydroxylation sites is 1. The van der Waals surface area contributed by atoms with Gasteiger partial charge in [0.25, 0.3) is 0 Å². The number of carbonyl (C=O) groups excluding carboxylic acids is 3. The van der Waals surface area contributed by atoms with Crippen LogP contribution in [0, 0.1) is 11.3 Å². The first kappa shape index (κ1) is 38.8. The third-order valence-corrected chi connectivity index (χ3v) is 16.0. The first-order chi connectivity index (χ1) is 28.3. The molecule has 2 aromatic carbocycles. The number of anilines is 1. The van der Waals surface area contributed by atoms with Crippen molar-refractivity contribution in [3.8, 4) is 5.75 Å². The number of nitrogens with one attached hydrogen (secondary N) is 1. The summed E-state index contributed by atoms with van der Waals surface area (Å²) in [6, 6.07) is 11.2. The van der Waals surface area contributed by atoms with Crippen LogP contribution < -0.4 is 9.64 Å². The van der Waals surface area contributed by atoms with Gasteiger partial charge in [-0.05, 0) is 61.9 Å². The Morgan fingerprint density at radius 1 is 1.00 bits per heavy atom. The Labute approximate surface area is 344 Å². The van der Waals surface area contributed by atoms with Gasteiger partial charge in [0.15, 0.2) is 6.10 Å². The highest BCUT2D eigenvalue weighted by Crippen LogP contribution is 2.68. The SMILES string of the molecule is CC[C@]12CN3CCc4c([nH]c5ccccc45)[C@@](C(=O)OC)(c4cc5c(cc4OC)N(C)[C@H]4[C@@](O)(C(=O)OC)[C@H](OC(C)=O)[C@]6(CC)C=CCN7CC[C@]54[C@H]76)C[C@H](C3)[C@H]1O2. The summed E-state index contributed by atoms with van der Waals surface area (Å²) >= 11 is 0. The summed E-state index contributed by atoms with van der Waals surface area (Å²) in [7, 11) is 6.23. The monoisotopic (exact) mass is 808 g/mol. The molecule has 7 heterocycles. The van der Waals surface area contributed by atoms with E-state index in [1.54, 1.807) is 7.11 Å². The molecule has 314 valence electrons. The van der Waals surface area contributed by atoms with E-state index < -0.39 is 51.9 Å². The Balaban J connectivity index is 1.28. The van der Waals surface area contributed by atoms with Crippen molar-refractivity contribution in [1.29, 1.82) is 0 Å². The second-order valence-electron chi connectivity index (χ2n) is 18.3. The number of piperidine rings is 1. The van der Waals surface area contributed by atoms with Crippen LogP contribution in [-0.4, -0.2) is 134 Å². The molecule has 1 aliphatic carbocycles. The minimum atomic E-state index is -2.29. The minimum absolute atomic E-state index is 0.00603. The van der Waals surface area contributed by atoms with E-state index in [-0.39, 0.29) is 23.7 Å². The van der Waals surface area contributed by atoms with Gasteiger partial charge < -0.3 is 38.7 Å². The average Bonchev–Trinajstić information content (AvgIpc) is 3.53. The van der Waals surface area contributed by atoms with E-state index in [1.165, 1.54) is 21.1 Å². The normalized spacial score (nSPS) is 38.7. The number of nitrogens with zero attached hydrogens (tertiary/aromatic N) is 3. The molecule has 3 saturated heterocycles. The maximum atomic E-state index is 15.4. The molecule has 13 nitrogen and oxygen atoms in total. The zero-order valence-electron chi connectivity index (χ0n) is 35.1. The number of hydrogen-bond acceptors (Lipinski definition) is 12. The molecular weight excluding hydrogens is 753 g/mol. The molecule has 6 aliphatic heterocycles. The second kappa shape index (κ2) is 13.0. The molecule has 0 radical (unpaired) electrons. The van der Waals surface area contributed by atoms with Crippen molar-refractivity contribution in [2.75, 3.05) is 66.0 Å². The van der Waals surface area contributed by atoms with Gasteiger partial charge >= 0.3 is 17.9 Å². The van der Waals surface area contributed by atoms with Crippen LogP contribution in [0.4, 0.5) is 5.69 Å². The number of fused-ring (bicyclic) bond motifs is 8. The van der Waals surface area contributed by atoms with Gasteiger partial charge in [-0.3, -0.25) is 19.4 Å². The Morgan fingerprint density at radius 2 is 1.78 bits per heavy atom. The van der Waals surface area contributed by atoms with Gasteiger partial charge in [-0.2, -0.15) is 0 Å². The summed E-state index contributed by atoms with van der Waals surface area (Å²) < 4.78 is 30.7. The molecule has 3 aromatic rings. The van der Waals surface area contributed by atoms with Gasteiger partial charge in [-0.1, -0.05) is 44.2 Å². The number of esters is 3. The highest BCUT2D eigenvalue weighted by Gasteiger charge is 2.80. The zero-order chi connectivity index (χ0) is 41.4. The van der Waals surface area contributed by atoms with Gasteiger partial charge in [0.1, 0.15) is 16.8 Å². The largest absolute Gasteiger partial charge is 0.496 e. The summed E-state index contributed by atoms with van der Waals surface area (Å²) in [5, 5.41) is 14.4. The van der Waals surface area contributed by atoms with Crippen molar-refractivity contribution in [2.24, 2.45) is 11.3 Å². The van der Waals surface area contributed by atoms with Crippen molar-refractivity contribution >= 4 is 34.5 Å². The number of benzene rings is 2. The second-order valence-corrected chi connectivity index (χ2v) is 18.3. The first-order valence-electron chi connectivity index (χ1n) is 21.3. The number of hydrogen-bond donors (Lipinski definition) is 2. The molecule has 7 aliphatic rings. The summed E-state index contributed by atoms with van der Waals surface area (Å²) in [5.41, 5.74) is -0.627. The van der Waals surface area contributed by atoms with E-state index in [2.05, 4.69) is 52.1 Å². The first-order valence-corrected chi connectivity index (χ1v) is 21.3. The molecule has 0 amide bonds. The minimum Gasteiger partial charge on any atom is -0.496 e. The Morgan fingerprint density at radius 3 is 2.49 bits per heavy atom. The number of ether oxygens (including phenoxy) is 5. The molecule has 11 atom stereocenters. The Kier molecular flexibility index (Phi) is 8.56. The zero-order valence-corrected chi connectivity index (χ0v) is 35.1. The van der Waals surface area contributed by atoms with E-state index in [0.29, 0.717) is 50.1 Å². The van der Waals surface area contributed by atoms with E-state index in [9.17, 15) is 14.7 Å². The molecule has 1 saturated carbocycles. The number of aromatic nitrogens is 1. The number of aliphatic hydroxyl groups is 1. The van der Waals surface area contributed by atoms with Crippen LogP contribution >= 0.6 is 0 Å². The van der Waals surface area contributed by atoms with Crippen LogP contribution in [0.3, 0.4) is 0 Å². The predicted octanol–water partition coefficient (Wildman–Crippen LogP) is 4.01. The maximum Gasteiger partial charge on any atom is 0.344 e. The van der Waals surface area contributed by atoms with E-state index in [1.807, 2.05) is 37.1 Å². The van der Waals surface area contributed by atoms with Crippen molar-refractivity contribution in [3.63, 3.8) is 0 Å². The van der Waals surface area contributed by atoms with E-state index >= 15 is 4.79 Å². The lowest BCUT2D eigenvalue weighted by Crippen LogP contribution is -2.81. The van der Waals surface area contributed by atoms with Crippen molar-refractivity contribution < 1.29 is 43.2 Å². The Bertz CT molecular complexity index is 2310. The highest BCUT2D eigenvalue weighted by molar-refractivity contribution is 5.95. The molecule has 4 fully saturated rings. The molecule has 1 unspecified atom stereocenters. The van der Waals surface area contributed by atoms with E-state index in [0.717, 1.165) is 59.5 Å². The van der Waals surface area contributed by atoms with Crippen molar-refractivity contribution in [2.45, 2.75) is 99.2 Å². The van der Waals surface area contributed by atoms with Crippen molar-refractivity contribution in [3.05, 3.63) is 70.9 Å². The predicted molar refractivity (Wildman–Crippen MR) is 218 cm³/mol. The fraction of sp³-hybridized carbons (Fsp3) is 0.587. The highest BCUT2D eigenvalue weighted by atomic mass is 16.6. The van der Waals surface area contributed by atoms with Gasteiger partial charge in [0, 0.05) is 96.9 Å². The van der Waals surface area contributed by atoms with Crippen LogP contribution in [0.15, 0.2) is 48.6 Å². The van der Waals surface area contributed by atoms with Crippen LogP contribution in [0.2, 0.25) is 0 Å². The molecular formula is C46H56N4O9.